The molecular weight excluding hydrogens is 184 g/mol. The van der Waals surface area contributed by atoms with E-state index in [1.165, 1.54) is 24.2 Å². The SMILES string of the molecule is Cc1cccc(C2=C[C@H]3CNC[C@H]3C2)n1. The van der Waals surface area contributed by atoms with Crippen LogP contribution in [0.3, 0.4) is 0 Å². The molecule has 1 N–H and O–H groups in total. The van der Waals surface area contributed by atoms with Gasteiger partial charge in [-0.15, -0.1) is 0 Å². The third-order valence-electron chi connectivity index (χ3n) is 3.51. The maximum absolute atomic E-state index is 4.59. The summed E-state index contributed by atoms with van der Waals surface area (Å²) >= 11 is 0. The van der Waals surface area contributed by atoms with Crippen LogP contribution in [0.2, 0.25) is 0 Å². The normalized spacial score (nSPS) is 29.0. The van der Waals surface area contributed by atoms with Gasteiger partial charge in [0.05, 0.1) is 5.69 Å². The van der Waals surface area contributed by atoms with Crippen LogP contribution in [0.25, 0.3) is 5.57 Å². The molecule has 3 rings (SSSR count). The van der Waals surface area contributed by atoms with Crippen molar-refractivity contribution >= 4 is 5.57 Å². The molecule has 2 heteroatoms. The molecule has 0 aromatic carbocycles. The number of nitrogens with zero attached hydrogens (tertiary/aromatic N) is 1. The number of nitrogens with one attached hydrogen (secondary N) is 1. The van der Waals surface area contributed by atoms with Gasteiger partial charge in [-0.25, -0.2) is 0 Å². The van der Waals surface area contributed by atoms with Gasteiger partial charge in [-0.2, -0.15) is 0 Å². The fourth-order valence-corrected chi connectivity index (χ4v) is 2.69. The Morgan fingerprint density at radius 1 is 1.33 bits per heavy atom. The number of hydrogen-bond donors (Lipinski definition) is 1. The molecule has 1 aromatic rings. The molecule has 0 amide bonds. The highest BCUT2D eigenvalue weighted by atomic mass is 14.9. The molecule has 1 aliphatic heterocycles. The number of fused-ring (bicyclic) bond motifs is 1. The summed E-state index contributed by atoms with van der Waals surface area (Å²) in [6.45, 7) is 4.39. The summed E-state index contributed by atoms with van der Waals surface area (Å²) in [6, 6.07) is 6.29. The highest BCUT2D eigenvalue weighted by Gasteiger charge is 2.32. The highest BCUT2D eigenvalue weighted by molar-refractivity contribution is 5.65. The number of aryl methyl sites for hydroxylation is 1. The molecule has 1 saturated heterocycles. The van der Waals surface area contributed by atoms with E-state index in [4.69, 9.17) is 0 Å². The summed E-state index contributed by atoms with van der Waals surface area (Å²) in [6.07, 6.45) is 3.63. The van der Waals surface area contributed by atoms with E-state index in [9.17, 15) is 0 Å². The molecule has 2 aliphatic rings. The molecule has 0 saturated carbocycles. The zero-order chi connectivity index (χ0) is 10.3. The van der Waals surface area contributed by atoms with Gasteiger partial charge in [0.25, 0.3) is 0 Å². The molecule has 1 aromatic heterocycles. The van der Waals surface area contributed by atoms with Crippen LogP contribution in [0, 0.1) is 18.8 Å². The lowest BCUT2D eigenvalue weighted by atomic mass is 9.99. The largest absolute Gasteiger partial charge is 0.316 e. The van der Waals surface area contributed by atoms with Gasteiger partial charge >= 0.3 is 0 Å². The van der Waals surface area contributed by atoms with Crippen molar-refractivity contribution in [3.8, 4) is 0 Å². The van der Waals surface area contributed by atoms with Gasteiger partial charge in [0.15, 0.2) is 0 Å². The molecule has 15 heavy (non-hydrogen) atoms. The number of rotatable bonds is 1. The van der Waals surface area contributed by atoms with Crippen molar-refractivity contribution in [2.75, 3.05) is 13.1 Å². The van der Waals surface area contributed by atoms with E-state index in [0.29, 0.717) is 0 Å². The first-order valence-electron chi connectivity index (χ1n) is 5.68. The second kappa shape index (κ2) is 3.46. The predicted octanol–water partition coefficient (Wildman–Crippen LogP) is 2.01. The van der Waals surface area contributed by atoms with E-state index >= 15 is 0 Å². The van der Waals surface area contributed by atoms with Crippen LogP contribution in [-0.4, -0.2) is 18.1 Å². The second-order valence-electron chi connectivity index (χ2n) is 4.64. The van der Waals surface area contributed by atoms with E-state index in [2.05, 4.69) is 41.5 Å². The zero-order valence-corrected chi connectivity index (χ0v) is 9.03. The maximum Gasteiger partial charge on any atom is 0.0661 e. The van der Waals surface area contributed by atoms with Crippen molar-refractivity contribution in [3.05, 3.63) is 35.7 Å². The van der Waals surface area contributed by atoms with Gasteiger partial charge in [-0.3, -0.25) is 4.98 Å². The Kier molecular flexibility index (Phi) is 2.10. The quantitative estimate of drug-likeness (QED) is 0.750. The molecule has 78 valence electrons. The third kappa shape index (κ3) is 1.59. The van der Waals surface area contributed by atoms with Gasteiger partial charge in [-0.05, 0) is 49.4 Å². The summed E-state index contributed by atoms with van der Waals surface area (Å²) in [5, 5.41) is 3.44. The van der Waals surface area contributed by atoms with Crippen LogP contribution in [0.1, 0.15) is 17.8 Å². The van der Waals surface area contributed by atoms with Crippen molar-refractivity contribution in [1.29, 1.82) is 0 Å². The fourth-order valence-electron chi connectivity index (χ4n) is 2.69. The summed E-state index contributed by atoms with van der Waals surface area (Å²) in [5.41, 5.74) is 3.75. The monoisotopic (exact) mass is 200 g/mol. The summed E-state index contributed by atoms with van der Waals surface area (Å²) in [4.78, 5) is 4.59. The minimum atomic E-state index is 0.752. The van der Waals surface area contributed by atoms with E-state index in [0.717, 1.165) is 24.1 Å². The summed E-state index contributed by atoms with van der Waals surface area (Å²) in [5.74, 6) is 1.57. The summed E-state index contributed by atoms with van der Waals surface area (Å²) < 4.78 is 0. The van der Waals surface area contributed by atoms with Crippen molar-refractivity contribution in [3.63, 3.8) is 0 Å². The van der Waals surface area contributed by atoms with Gasteiger partial charge in [0, 0.05) is 12.2 Å². The standard InChI is InChI=1S/C13H16N2/c1-9-3-2-4-13(15-9)10-5-11-7-14-8-12(11)6-10/h2-5,11-12,14H,6-8H2,1H3/t11-,12+/m0/s1. The van der Waals surface area contributed by atoms with E-state index < -0.39 is 0 Å². The van der Waals surface area contributed by atoms with Crippen molar-refractivity contribution < 1.29 is 0 Å². The average molecular weight is 200 g/mol. The molecule has 2 atom stereocenters. The van der Waals surface area contributed by atoms with Crippen molar-refractivity contribution in [2.45, 2.75) is 13.3 Å². The smallest absolute Gasteiger partial charge is 0.0661 e. The molecule has 1 fully saturated rings. The minimum Gasteiger partial charge on any atom is -0.316 e. The lowest BCUT2D eigenvalue weighted by Crippen LogP contribution is -2.09. The minimum absolute atomic E-state index is 0.752. The van der Waals surface area contributed by atoms with Gasteiger partial charge < -0.3 is 5.32 Å². The van der Waals surface area contributed by atoms with Crippen LogP contribution in [0.5, 0.6) is 0 Å². The molecule has 2 heterocycles. The first kappa shape index (κ1) is 9.10. The Labute approximate surface area is 90.4 Å². The Hall–Kier alpha value is -1.15. The molecular formula is C13H16N2. The fraction of sp³-hybridized carbons (Fsp3) is 0.462. The van der Waals surface area contributed by atoms with Crippen LogP contribution >= 0.6 is 0 Å². The van der Waals surface area contributed by atoms with Gasteiger partial charge in [-0.1, -0.05) is 12.1 Å². The molecule has 0 bridgehead atoms. The first-order chi connectivity index (χ1) is 7.33. The second-order valence-corrected chi connectivity index (χ2v) is 4.64. The van der Waals surface area contributed by atoms with Gasteiger partial charge in [0.1, 0.15) is 0 Å². The Balaban J connectivity index is 1.90. The molecule has 0 spiro atoms. The first-order valence-corrected chi connectivity index (χ1v) is 5.68. The molecule has 0 radical (unpaired) electrons. The number of allylic oxidation sites excluding steroid dienone is 1. The Morgan fingerprint density at radius 3 is 3.07 bits per heavy atom. The number of pyridine rings is 1. The van der Waals surface area contributed by atoms with Crippen LogP contribution in [0.15, 0.2) is 24.3 Å². The molecule has 0 unspecified atom stereocenters. The average Bonchev–Trinajstić information content (AvgIpc) is 2.76. The van der Waals surface area contributed by atoms with Crippen molar-refractivity contribution in [2.24, 2.45) is 11.8 Å². The van der Waals surface area contributed by atoms with E-state index in [-0.39, 0.29) is 0 Å². The highest BCUT2D eigenvalue weighted by Crippen LogP contribution is 2.37. The predicted molar refractivity (Wildman–Crippen MR) is 61.4 cm³/mol. The topological polar surface area (TPSA) is 24.9 Å². The lowest BCUT2D eigenvalue weighted by molar-refractivity contribution is 0.536. The van der Waals surface area contributed by atoms with Gasteiger partial charge in [0.2, 0.25) is 0 Å². The van der Waals surface area contributed by atoms with Crippen LogP contribution in [0.4, 0.5) is 0 Å². The lowest BCUT2D eigenvalue weighted by Gasteiger charge is -2.06. The molecule has 1 aliphatic carbocycles. The number of aromatic nitrogens is 1. The third-order valence-corrected chi connectivity index (χ3v) is 3.51. The maximum atomic E-state index is 4.59. The number of hydrogen-bond acceptors (Lipinski definition) is 2. The molecule has 2 nitrogen and oxygen atoms in total. The Morgan fingerprint density at radius 2 is 2.27 bits per heavy atom. The van der Waals surface area contributed by atoms with Crippen LogP contribution in [-0.2, 0) is 0 Å². The van der Waals surface area contributed by atoms with E-state index in [1.807, 2.05) is 0 Å². The Bertz CT molecular complexity index is 409. The van der Waals surface area contributed by atoms with Crippen molar-refractivity contribution in [1.82, 2.24) is 10.3 Å². The summed E-state index contributed by atoms with van der Waals surface area (Å²) in [7, 11) is 0. The zero-order valence-electron chi connectivity index (χ0n) is 9.03. The van der Waals surface area contributed by atoms with E-state index in [1.54, 1.807) is 0 Å². The van der Waals surface area contributed by atoms with Crippen LogP contribution < -0.4 is 5.32 Å².